The van der Waals surface area contributed by atoms with Gasteiger partial charge in [0.25, 0.3) is 5.89 Å². The number of pyridine rings is 1. The van der Waals surface area contributed by atoms with E-state index in [0.717, 1.165) is 29.5 Å². The summed E-state index contributed by atoms with van der Waals surface area (Å²) >= 11 is 0. The largest absolute Gasteiger partial charge is 0.471 e. The molecule has 14 heteroatoms. The van der Waals surface area contributed by atoms with Crippen molar-refractivity contribution < 1.29 is 22.4 Å². The molecule has 36 heavy (non-hydrogen) atoms. The normalized spacial score (nSPS) is 11.7. The first-order valence-electron chi connectivity index (χ1n) is 10.6. The van der Waals surface area contributed by atoms with Crippen LogP contribution in [0.1, 0.15) is 22.6 Å². The molecule has 0 saturated heterocycles. The summed E-state index contributed by atoms with van der Waals surface area (Å²) in [6.07, 6.45) is -2.20. The van der Waals surface area contributed by atoms with Crippen molar-refractivity contribution >= 4 is 0 Å². The highest BCUT2D eigenvalue weighted by Crippen LogP contribution is 2.30. The molecule has 0 aliphatic carbocycles. The predicted octanol–water partition coefficient (Wildman–Crippen LogP) is 3.47. The molecule has 184 valence electrons. The zero-order valence-corrected chi connectivity index (χ0v) is 19.0. The molecule has 0 amide bonds. The van der Waals surface area contributed by atoms with Crippen molar-refractivity contribution in [3.8, 4) is 28.7 Å². The molecule has 0 saturated carbocycles. The zero-order chi connectivity index (χ0) is 25.3. The maximum absolute atomic E-state index is 12.7. The maximum Gasteiger partial charge on any atom is 0.417 e. The van der Waals surface area contributed by atoms with Gasteiger partial charge in [0.2, 0.25) is 11.7 Å². The van der Waals surface area contributed by atoms with Crippen LogP contribution in [0.5, 0.6) is 5.88 Å². The summed E-state index contributed by atoms with van der Waals surface area (Å²) in [6, 6.07) is 9.65. The Kier molecular flexibility index (Phi) is 5.91. The Bertz CT molecular complexity index is 1470. The predicted molar refractivity (Wildman–Crippen MR) is 117 cm³/mol. The monoisotopic (exact) mass is 497 g/mol. The van der Waals surface area contributed by atoms with Crippen LogP contribution in [0.25, 0.3) is 22.8 Å². The van der Waals surface area contributed by atoms with E-state index in [9.17, 15) is 13.2 Å². The molecule has 4 heterocycles. The van der Waals surface area contributed by atoms with Gasteiger partial charge in [-0.1, -0.05) is 29.4 Å². The van der Waals surface area contributed by atoms with E-state index in [1.54, 1.807) is 22.6 Å². The van der Waals surface area contributed by atoms with E-state index in [-0.39, 0.29) is 18.4 Å². The van der Waals surface area contributed by atoms with Crippen LogP contribution >= 0.6 is 0 Å². The fourth-order valence-electron chi connectivity index (χ4n) is 3.37. The molecule has 0 bridgehead atoms. The molecule has 4 aromatic heterocycles. The number of hydrogen-bond acceptors (Lipinski definition) is 9. The van der Waals surface area contributed by atoms with Crippen LogP contribution < -0.4 is 4.74 Å². The minimum Gasteiger partial charge on any atom is -0.471 e. The van der Waals surface area contributed by atoms with Gasteiger partial charge in [-0.3, -0.25) is 4.68 Å². The number of tetrazole rings is 1. The van der Waals surface area contributed by atoms with Crippen molar-refractivity contribution in [2.45, 2.75) is 26.3 Å². The molecule has 0 N–H and O–H groups in total. The summed E-state index contributed by atoms with van der Waals surface area (Å²) in [5, 5.41) is 19.7. The number of halogens is 3. The molecule has 0 fully saturated rings. The second kappa shape index (κ2) is 9.20. The summed E-state index contributed by atoms with van der Waals surface area (Å²) in [5.74, 6) is 1.37. The lowest BCUT2D eigenvalue weighted by Crippen LogP contribution is -2.07. The fourth-order valence-corrected chi connectivity index (χ4v) is 3.37. The van der Waals surface area contributed by atoms with Crippen LogP contribution in [0, 0.1) is 6.92 Å². The number of ether oxygens (including phenoxy) is 1. The summed E-state index contributed by atoms with van der Waals surface area (Å²) in [4.78, 5) is 8.19. The van der Waals surface area contributed by atoms with Gasteiger partial charge in [0, 0.05) is 24.9 Å². The molecule has 1 aromatic carbocycles. The number of alkyl halides is 3. The van der Waals surface area contributed by atoms with Crippen molar-refractivity contribution in [1.82, 2.24) is 45.1 Å². The second-order valence-electron chi connectivity index (χ2n) is 7.80. The van der Waals surface area contributed by atoms with Gasteiger partial charge in [-0.05, 0) is 29.0 Å². The first-order chi connectivity index (χ1) is 17.3. The van der Waals surface area contributed by atoms with Gasteiger partial charge in [0.1, 0.15) is 12.4 Å². The van der Waals surface area contributed by atoms with Crippen LogP contribution in [-0.4, -0.2) is 45.1 Å². The zero-order valence-electron chi connectivity index (χ0n) is 19.0. The van der Waals surface area contributed by atoms with Crippen LogP contribution in [0.4, 0.5) is 13.2 Å². The molecule has 0 radical (unpaired) electrons. The van der Waals surface area contributed by atoms with Gasteiger partial charge >= 0.3 is 6.18 Å². The van der Waals surface area contributed by atoms with Crippen molar-refractivity contribution in [2.75, 3.05) is 0 Å². The molecular weight excluding hydrogens is 479 g/mol. The van der Waals surface area contributed by atoms with Gasteiger partial charge in [0.05, 0.1) is 29.6 Å². The van der Waals surface area contributed by atoms with Crippen LogP contribution in [0.3, 0.4) is 0 Å². The highest BCUT2D eigenvalue weighted by Gasteiger charge is 2.30. The van der Waals surface area contributed by atoms with Gasteiger partial charge in [-0.25, -0.2) is 9.67 Å². The second-order valence-corrected chi connectivity index (χ2v) is 7.80. The number of rotatable bonds is 7. The quantitative estimate of drug-likeness (QED) is 0.333. The lowest BCUT2D eigenvalue weighted by Gasteiger charge is -2.09. The standard InChI is InChI=1S/C22H18F3N9O2/c1-13-29-31-32-34(13)11-14-3-5-15(6-4-14)20-28-21(36-30-20)17-10-27-33(2)18(17)12-35-19-8-7-16(9-26-19)22(23,24)25/h3-10H,11-12H2,1-2H3. The van der Waals surface area contributed by atoms with E-state index in [1.807, 2.05) is 31.2 Å². The number of hydrogen-bond donors (Lipinski definition) is 0. The molecule has 5 rings (SSSR count). The molecule has 0 aliphatic heterocycles. The van der Waals surface area contributed by atoms with E-state index in [4.69, 9.17) is 9.26 Å². The first-order valence-corrected chi connectivity index (χ1v) is 10.6. The van der Waals surface area contributed by atoms with Crippen LogP contribution in [0.2, 0.25) is 0 Å². The summed E-state index contributed by atoms with van der Waals surface area (Å²) in [6.45, 7) is 2.34. The van der Waals surface area contributed by atoms with E-state index >= 15 is 0 Å². The number of benzene rings is 1. The smallest absolute Gasteiger partial charge is 0.417 e. The molecule has 11 nitrogen and oxygen atoms in total. The Morgan fingerprint density at radius 1 is 1.06 bits per heavy atom. The molecular formula is C22H18F3N9O2. The fraction of sp³-hybridized carbons (Fsp3) is 0.227. The Morgan fingerprint density at radius 3 is 2.53 bits per heavy atom. The maximum atomic E-state index is 12.7. The van der Waals surface area contributed by atoms with Crippen LogP contribution in [0.15, 0.2) is 53.3 Å². The molecule has 5 aromatic rings. The van der Waals surface area contributed by atoms with Crippen molar-refractivity contribution in [1.29, 1.82) is 0 Å². The number of nitrogens with zero attached hydrogens (tertiary/aromatic N) is 9. The highest BCUT2D eigenvalue weighted by atomic mass is 19.4. The van der Waals surface area contributed by atoms with Crippen LogP contribution in [-0.2, 0) is 26.4 Å². The number of aromatic nitrogens is 9. The number of aryl methyl sites for hydroxylation is 2. The Morgan fingerprint density at radius 2 is 1.86 bits per heavy atom. The van der Waals surface area contributed by atoms with E-state index < -0.39 is 11.7 Å². The molecule has 0 aliphatic rings. The van der Waals surface area contributed by atoms with E-state index in [0.29, 0.717) is 29.5 Å². The average Bonchev–Trinajstić information content (AvgIpc) is 3.59. The Labute approximate surface area is 201 Å². The topological polar surface area (TPSA) is 122 Å². The molecule has 0 atom stereocenters. The third-order valence-corrected chi connectivity index (χ3v) is 5.39. The molecule has 0 unspecified atom stereocenters. The Balaban J connectivity index is 1.30. The van der Waals surface area contributed by atoms with Crippen molar-refractivity contribution in [3.63, 3.8) is 0 Å². The van der Waals surface area contributed by atoms with E-state index in [1.165, 1.54) is 0 Å². The van der Waals surface area contributed by atoms with E-state index in [2.05, 4.69) is 35.7 Å². The minimum absolute atomic E-state index is 0.0207. The van der Waals surface area contributed by atoms with Crippen molar-refractivity contribution in [3.05, 3.63) is 71.4 Å². The van der Waals surface area contributed by atoms with Gasteiger partial charge in [-0.2, -0.15) is 23.3 Å². The molecule has 0 spiro atoms. The van der Waals surface area contributed by atoms with Crippen molar-refractivity contribution in [2.24, 2.45) is 7.05 Å². The third-order valence-electron chi connectivity index (χ3n) is 5.39. The van der Waals surface area contributed by atoms with Gasteiger partial charge in [-0.15, -0.1) is 5.10 Å². The Hall–Kier alpha value is -4.62. The first kappa shape index (κ1) is 23.1. The lowest BCUT2D eigenvalue weighted by molar-refractivity contribution is -0.137. The van der Waals surface area contributed by atoms with Gasteiger partial charge in [0.15, 0.2) is 0 Å². The lowest BCUT2D eigenvalue weighted by atomic mass is 10.1. The van der Waals surface area contributed by atoms with Gasteiger partial charge < -0.3 is 9.26 Å². The summed E-state index contributed by atoms with van der Waals surface area (Å²) in [5.41, 5.74) is 2.01. The summed E-state index contributed by atoms with van der Waals surface area (Å²) in [7, 11) is 1.70. The third kappa shape index (κ3) is 4.78. The SMILES string of the molecule is Cc1nnnn1Cc1ccc(-c2noc(-c3cnn(C)c3COc3ccc(C(F)(F)F)cn3)n2)cc1. The highest BCUT2D eigenvalue weighted by molar-refractivity contribution is 5.61. The average molecular weight is 497 g/mol. The minimum atomic E-state index is -4.47. The summed E-state index contributed by atoms with van der Waals surface area (Å²) < 4.78 is 52.5.